The van der Waals surface area contributed by atoms with Crippen molar-refractivity contribution in [2.75, 3.05) is 18.6 Å². The van der Waals surface area contributed by atoms with Gasteiger partial charge in [-0.15, -0.1) is 0 Å². The smallest absolute Gasteiger partial charge is 0.124 e. The van der Waals surface area contributed by atoms with Crippen LogP contribution in [0.5, 0.6) is 0 Å². The van der Waals surface area contributed by atoms with Gasteiger partial charge in [0.1, 0.15) is 5.82 Å². The second-order valence-corrected chi connectivity index (χ2v) is 6.06. The first-order valence-corrected chi connectivity index (χ1v) is 7.55. The Morgan fingerprint density at radius 2 is 2.19 bits per heavy atom. The van der Waals surface area contributed by atoms with E-state index in [1.165, 1.54) is 12.1 Å². The molecule has 1 unspecified atom stereocenters. The largest absolute Gasteiger partial charge is 0.313 e. The molecule has 0 amide bonds. The molecule has 1 rings (SSSR count). The first-order valence-electron chi connectivity index (χ1n) is 5.03. The Morgan fingerprint density at radius 1 is 1.44 bits per heavy atom. The third-order valence-electron chi connectivity index (χ3n) is 2.04. The van der Waals surface area contributed by atoms with E-state index in [-0.39, 0.29) is 5.82 Å². The van der Waals surface area contributed by atoms with Crippen molar-refractivity contribution in [1.82, 2.24) is 5.32 Å². The highest BCUT2D eigenvalue weighted by atomic mass is 79.9. The van der Waals surface area contributed by atoms with Gasteiger partial charge in [-0.25, -0.2) is 4.39 Å². The van der Waals surface area contributed by atoms with Crippen LogP contribution in [0.2, 0.25) is 0 Å². The highest BCUT2D eigenvalue weighted by molar-refractivity contribution is 9.10. The fourth-order valence-electron chi connectivity index (χ4n) is 1.35. The topological polar surface area (TPSA) is 29.1 Å². The van der Waals surface area contributed by atoms with Gasteiger partial charge in [0.15, 0.2) is 0 Å². The standard InChI is InChI=1S/C11H15BrFNOS/c1-16(15)4-2-3-14-8-9-5-10(12)7-11(13)6-9/h5-7,14H,2-4,8H2,1H3. The maximum absolute atomic E-state index is 13.0. The molecular formula is C11H15BrFNOS. The second kappa shape index (κ2) is 7.14. The van der Waals surface area contributed by atoms with Gasteiger partial charge in [-0.2, -0.15) is 0 Å². The van der Waals surface area contributed by atoms with Gasteiger partial charge in [-0.3, -0.25) is 4.21 Å². The zero-order chi connectivity index (χ0) is 12.0. The summed E-state index contributed by atoms with van der Waals surface area (Å²) in [6, 6.07) is 4.83. The minimum absolute atomic E-state index is 0.235. The minimum Gasteiger partial charge on any atom is -0.313 e. The summed E-state index contributed by atoms with van der Waals surface area (Å²) >= 11 is 3.25. The van der Waals surface area contributed by atoms with Gasteiger partial charge in [0, 0.05) is 33.8 Å². The van der Waals surface area contributed by atoms with Crippen molar-refractivity contribution in [1.29, 1.82) is 0 Å². The quantitative estimate of drug-likeness (QED) is 0.818. The van der Waals surface area contributed by atoms with Crippen LogP contribution in [0.3, 0.4) is 0 Å². The number of hydrogen-bond donors (Lipinski definition) is 1. The van der Waals surface area contributed by atoms with Gasteiger partial charge in [0.2, 0.25) is 0 Å². The molecule has 1 atom stereocenters. The molecule has 0 radical (unpaired) electrons. The van der Waals surface area contributed by atoms with Gasteiger partial charge in [0.05, 0.1) is 0 Å². The van der Waals surface area contributed by atoms with Crippen LogP contribution in [0.4, 0.5) is 4.39 Å². The van der Waals surface area contributed by atoms with Crippen LogP contribution in [0.15, 0.2) is 22.7 Å². The molecule has 2 nitrogen and oxygen atoms in total. The summed E-state index contributed by atoms with van der Waals surface area (Å²) in [5, 5.41) is 3.19. The van der Waals surface area contributed by atoms with Crippen molar-refractivity contribution in [3.8, 4) is 0 Å². The monoisotopic (exact) mass is 307 g/mol. The SMILES string of the molecule is CS(=O)CCCNCc1cc(F)cc(Br)c1. The van der Waals surface area contributed by atoms with Crippen molar-refractivity contribution < 1.29 is 8.60 Å². The second-order valence-electron chi connectivity index (χ2n) is 3.59. The fraction of sp³-hybridized carbons (Fsp3) is 0.455. The van der Waals surface area contributed by atoms with Crippen LogP contribution in [0, 0.1) is 5.82 Å². The normalized spacial score (nSPS) is 12.7. The molecule has 5 heteroatoms. The summed E-state index contributed by atoms with van der Waals surface area (Å²) in [4.78, 5) is 0. The van der Waals surface area contributed by atoms with E-state index >= 15 is 0 Å². The summed E-state index contributed by atoms with van der Waals surface area (Å²) in [5.74, 6) is 0.473. The molecule has 1 aromatic rings. The fourth-order valence-corrected chi connectivity index (χ4v) is 2.41. The molecule has 0 spiro atoms. The zero-order valence-corrected chi connectivity index (χ0v) is 11.5. The van der Waals surface area contributed by atoms with E-state index in [1.807, 2.05) is 6.07 Å². The number of benzene rings is 1. The predicted molar refractivity (Wildman–Crippen MR) is 69.4 cm³/mol. The molecule has 1 N–H and O–H groups in total. The Kier molecular flexibility index (Phi) is 6.16. The van der Waals surface area contributed by atoms with Crippen LogP contribution in [0.25, 0.3) is 0 Å². The van der Waals surface area contributed by atoms with Crippen LogP contribution in [0.1, 0.15) is 12.0 Å². The number of hydrogen-bond acceptors (Lipinski definition) is 2. The van der Waals surface area contributed by atoms with E-state index in [0.29, 0.717) is 12.3 Å². The summed E-state index contributed by atoms with van der Waals surface area (Å²) in [6.07, 6.45) is 2.57. The van der Waals surface area contributed by atoms with Crippen LogP contribution >= 0.6 is 15.9 Å². The molecule has 16 heavy (non-hydrogen) atoms. The number of rotatable bonds is 6. The van der Waals surface area contributed by atoms with Crippen molar-refractivity contribution in [3.05, 3.63) is 34.1 Å². The Hall–Kier alpha value is -0.260. The van der Waals surface area contributed by atoms with Gasteiger partial charge in [-0.05, 0) is 36.7 Å². The first-order chi connectivity index (χ1) is 7.58. The maximum Gasteiger partial charge on any atom is 0.124 e. The van der Waals surface area contributed by atoms with Crippen LogP contribution < -0.4 is 5.32 Å². The molecule has 0 bridgehead atoms. The van der Waals surface area contributed by atoms with Gasteiger partial charge in [0.25, 0.3) is 0 Å². The molecule has 0 saturated carbocycles. The van der Waals surface area contributed by atoms with Crippen molar-refractivity contribution in [3.63, 3.8) is 0 Å². The lowest BCUT2D eigenvalue weighted by Crippen LogP contribution is -2.16. The Balaban J connectivity index is 2.29. The van der Waals surface area contributed by atoms with E-state index in [0.717, 1.165) is 23.0 Å². The van der Waals surface area contributed by atoms with Crippen LogP contribution in [-0.2, 0) is 17.3 Å². The predicted octanol–water partition coefficient (Wildman–Crippen LogP) is 2.45. The van der Waals surface area contributed by atoms with Gasteiger partial charge in [-0.1, -0.05) is 15.9 Å². The summed E-state index contributed by atoms with van der Waals surface area (Å²) < 4.78 is 24.6. The lowest BCUT2D eigenvalue weighted by atomic mass is 10.2. The Bertz CT molecular complexity index is 353. The highest BCUT2D eigenvalue weighted by Gasteiger charge is 1.99. The third-order valence-corrected chi connectivity index (χ3v) is 3.36. The van der Waals surface area contributed by atoms with Crippen molar-refractivity contribution >= 4 is 26.7 Å². The molecule has 90 valence electrons. The Labute approximate surface area is 106 Å². The van der Waals surface area contributed by atoms with E-state index in [2.05, 4.69) is 21.2 Å². The molecule has 0 aliphatic heterocycles. The average molecular weight is 308 g/mol. The molecule has 0 saturated heterocycles. The summed E-state index contributed by atoms with van der Waals surface area (Å²) in [7, 11) is -0.728. The van der Waals surface area contributed by atoms with Gasteiger partial charge < -0.3 is 5.32 Å². The molecule has 0 aliphatic carbocycles. The van der Waals surface area contributed by atoms with E-state index in [4.69, 9.17) is 0 Å². The number of halogens is 2. The Morgan fingerprint density at radius 3 is 2.81 bits per heavy atom. The average Bonchev–Trinajstić information content (AvgIpc) is 2.15. The maximum atomic E-state index is 13.0. The van der Waals surface area contributed by atoms with E-state index in [1.54, 1.807) is 6.26 Å². The lowest BCUT2D eigenvalue weighted by molar-refractivity contribution is 0.618. The van der Waals surface area contributed by atoms with E-state index < -0.39 is 10.8 Å². The molecule has 0 aliphatic rings. The summed E-state index contributed by atoms with van der Waals surface area (Å²) in [6.45, 7) is 1.43. The molecule has 0 fully saturated rings. The van der Waals surface area contributed by atoms with Crippen molar-refractivity contribution in [2.24, 2.45) is 0 Å². The molecular weight excluding hydrogens is 293 g/mol. The lowest BCUT2D eigenvalue weighted by Gasteiger charge is -2.05. The third kappa shape index (κ3) is 5.72. The van der Waals surface area contributed by atoms with Crippen LogP contribution in [-0.4, -0.2) is 22.8 Å². The van der Waals surface area contributed by atoms with Crippen molar-refractivity contribution in [2.45, 2.75) is 13.0 Å². The molecule has 1 aromatic carbocycles. The zero-order valence-electron chi connectivity index (χ0n) is 9.13. The molecule has 0 aromatic heterocycles. The highest BCUT2D eigenvalue weighted by Crippen LogP contribution is 2.14. The number of nitrogens with one attached hydrogen (secondary N) is 1. The summed E-state index contributed by atoms with van der Waals surface area (Å²) in [5.41, 5.74) is 0.907. The first kappa shape index (κ1) is 13.8. The molecule has 0 heterocycles. The minimum atomic E-state index is -0.728. The van der Waals surface area contributed by atoms with Gasteiger partial charge >= 0.3 is 0 Å². The van der Waals surface area contributed by atoms with E-state index in [9.17, 15) is 8.60 Å².